The van der Waals surface area contributed by atoms with Crippen molar-refractivity contribution in [1.82, 2.24) is 19.8 Å². The molecule has 1 aliphatic carbocycles. The molecular formula is C29H32N4O4. The maximum Gasteiger partial charge on any atom is 0.332 e. The molecule has 2 N–H and O–H groups in total. The lowest BCUT2D eigenvalue weighted by atomic mass is 9.97. The molecule has 3 aromatic rings. The molecule has 0 unspecified atom stereocenters. The molecule has 0 bridgehead atoms. The number of nitrogens with zero attached hydrogens (tertiary/aromatic N) is 2. The second-order valence-corrected chi connectivity index (χ2v) is 9.18. The molecule has 2 aromatic carbocycles. The highest BCUT2D eigenvalue weighted by atomic mass is 16.2. The molecule has 0 fully saturated rings. The van der Waals surface area contributed by atoms with Gasteiger partial charge in [0.05, 0.1) is 10.9 Å². The molecule has 1 heterocycles. The van der Waals surface area contributed by atoms with Gasteiger partial charge in [0, 0.05) is 25.2 Å². The number of allylic oxidation sites excluding steroid dienone is 2. The molecule has 1 aromatic heterocycles. The SMILES string of the molecule is C=CCn1c(=O)c2ccc(C(=O)NCc3ccccc3)cc2n(CC(=O)NCCC2=CCCCC2)c1=O. The Kier molecular flexibility index (Phi) is 8.51. The predicted molar refractivity (Wildman–Crippen MR) is 144 cm³/mol. The molecule has 0 aliphatic heterocycles. The van der Waals surface area contributed by atoms with Crippen molar-refractivity contribution < 1.29 is 9.59 Å². The molecule has 0 atom stereocenters. The van der Waals surface area contributed by atoms with Gasteiger partial charge in [-0.3, -0.25) is 23.5 Å². The Morgan fingerprint density at radius 3 is 2.54 bits per heavy atom. The maximum atomic E-state index is 13.2. The van der Waals surface area contributed by atoms with Gasteiger partial charge in [-0.15, -0.1) is 6.58 Å². The van der Waals surface area contributed by atoms with Crippen LogP contribution in [0.4, 0.5) is 0 Å². The molecule has 8 heteroatoms. The fraction of sp³-hybridized carbons (Fsp3) is 0.310. The van der Waals surface area contributed by atoms with E-state index in [0.717, 1.165) is 29.4 Å². The number of rotatable bonds is 10. The number of hydrogen-bond acceptors (Lipinski definition) is 4. The third-order valence-corrected chi connectivity index (χ3v) is 6.55. The van der Waals surface area contributed by atoms with Crippen LogP contribution in [-0.4, -0.2) is 27.5 Å². The number of carbonyl (C=O) groups is 2. The van der Waals surface area contributed by atoms with E-state index in [1.54, 1.807) is 6.07 Å². The van der Waals surface area contributed by atoms with Crippen LogP contribution in [0, 0.1) is 0 Å². The number of hydrogen-bond donors (Lipinski definition) is 2. The quantitative estimate of drug-likeness (QED) is 0.417. The summed E-state index contributed by atoms with van der Waals surface area (Å²) >= 11 is 0. The zero-order chi connectivity index (χ0) is 26.2. The zero-order valence-electron chi connectivity index (χ0n) is 20.9. The van der Waals surface area contributed by atoms with Crippen LogP contribution < -0.4 is 21.9 Å². The second kappa shape index (κ2) is 12.2. The highest BCUT2D eigenvalue weighted by Crippen LogP contribution is 2.19. The first-order valence-corrected chi connectivity index (χ1v) is 12.6. The summed E-state index contributed by atoms with van der Waals surface area (Å²) in [6.45, 7) is 4.21. The van der Waals surface area contributed by atoms with E-state index in [4.69, 9.17) is 0 Å². The smallest absolute Gasteiger partial charge is 0.332 e. The normalized spacial score (nSPS) is 13.1. The molecule has 192 valence electrons. The van der Waals surface area contributed by atoms with Gasteiger partial charge in [-0.05, 0) is 55.9 Å². The van der Waals surface area contributed by atoms with Crippen molar-refractivity contribution in [3.63, 3.8) is 0 Å². The van der Waals surface area contributed by atoms with Gasteiger partial charge in [-0.25, -0.2) is 4.79 Å². The van der Waals surface area contributed by atoms with Gasteiger partial charge in [0.2, 0.25) is 5.91 Å². The minimum Gasteiger partial charge on any atom is -0.354 e. The Hall–Kier alpha value is -4.20. The zero-order valence-corrected chi connectivity index (χ0v) is 20.9. The van der Waals surface area contributed by atoms with Crippen molar-refractivity contribution in [1.29, 1.82) is 0 Å². The molecule has 8 nitrogen and oxygen atoms in total. The monoisotopic (exact) mass is 500 g/mol. The molecular weight excluding hydrogens is 468 g/mol. The summed E-state index contributed by atoms with van der Waals surface area (Å²) in [7, 11) is 0. The maximum absolute atomic E-state index is 13.2. The van der Waals surface area contributed by atoms with Gasteiger partial charge in [-0.1, -0.05) is 48.1 Å². The van der Waals surface area contributed by atoms with Crippen LogP contribution in [0.3, 0.4) is 0 Å². The highest BCUT2D eigenvalue weighted by molar-refractivity contribution is 5.97. The molecule has 0 saturated carbocycles. The summed E-state index contributed by atoms with van der Waals surface area (Å²) in [5.74, 6) is -0.673. The molecule has 0 saturated heterocycles. The van der Waals surface area contributed by atoms with Crippen molar-refractivity contribution in [2.24, 2.45) is 0 Å². The largest absolute Gasteiger partial charge is 0.354 e. The van der Waals surface area contributed by atoms with Crippen molar-refractivity contribution in [2.45, 2.75) is 51.7 Å². The van der Waals surface area contributed by atoms with Crippen LogP contribution in [-0.2, 0) is 24.4 Å². The van der Waals surface area contributed by atoms with Gasteiger partial charge in [0.1, 0.15) is 6.54 Å². The van der Waals surface area contributed by atoms with Gasteiger partial charge >= 0.3 is 5.69 Å². The summed E-state index contributed by atoms with van der Waals surface area (Å²) < 4.78 is 2.30. The minimum absolute atomic E-state index is 0.0166. The first kappa shape index (κ1) is 25.9. The lowest BCUT2D eigenvalue weighted by molar-refractivity contribution is -0.121. The van der Waals surface area contributed by atoms with Crippen LogP contribution >= 0.6 is 0 Å². The van der Waals surface area contributed by atoms with Crippen LogP contribution in [0.2, 0.25) is 0 Å². The van der Waals surface area contributed by atoms with Crippen LogP contribution in [0.25, 0.3) is 10.9 Å². The molecule has 37 heavy (non-hydrogen) atoms. The van der Waals surface area contributed by atoms with E-state index in [9.17, 15) is 19.2 Å². The Bertz CT molecular complexity index is 1450. The predicted octanol–water partition coefficient (Wildman–Crippen LogP) is 3.29. The summed E-state index contributed by atoms with van der Waals surface area (Å²) in [5.41, 5.74) is 1.72. The molecule has 4 rings (SSSR count). The first-order valence-electron chi connectivity index (χ1n) is 12.6. The average Bonchev–Trinajstić information content (AvgIpc) is 2.93. The van der Waals surface area contributed by atoms with Crippen LogP contribution in [0.5, 0.6) is 0 Å². The van der Waals surface area contributed by atoms with Gasteiger partial charge in [0.15, 0.2) is 0 Å². The van der Waals surface area contributed by atoms with Gasteiger partial charge < -0.3 is 10.6 Å². The van der Waals surface area contributed by atoms with Crippen LogP contribution in [0.15, 0.2) is 82.4 Å². The van der Waals surface area contributed by atoms with E-state index in [1.165, 1.54) is 41.2 Å². The number of fused-ring (bicyclic) bond motifs is 1. The Balaban J connectivity index is 1.59. The van der Waals surface area contributed by atoms with E-state index >= 15 is 0 Å². The number of benzene rings is 2. The third kappa shape index (κ3) is 6.33. The molecule has 0 radical (unpaired) electrons. The summed E-state index contributed by atoms with van der Waals surface area (Å²) in [4.78, 5) is 51.9. The number of amides is 2. The summed E-state index contributed by atoms with van der Waals surface area (Å²) in [6.07, 6.45) is 9.00. The van der Waals surface area contributed by atoms with Crippen molar-refractivity contribution in [2.75, 3.05) is 6.54 Å². The van der Waals surface area contributed by atoms with E-state index in [-0.39, 0.29) is 35.8 Å². The summed E-state index contributed by atoms with van der Waals surface area (Å²) in [5, 5.41) is 5.99. The lowest BCUT2D eigenvalue weighted by Crippen LogP contribution is -2.42. The van der Waals surface area contributed by atoms with Gasteiger partial charge in [-0.2, -0.15) is 0 Å². The Morgan fingerprint density at radius 2 is 1.81 bits per heavy atom. The number of carbonyl (C=O) groups excluding carboxylic acids is 2. The van der Waals surface area contributed by atoms with Crippen molar-refractivity contribution >= 4 is 22.7 Å². The van der Waals surface area contributed by atoms with Gasteiger partial charge in [0.25, 0.3) is 11.5 Å². The first-order chi connectivity index (χ1) is 18.0. The second-order valence-electron chi connectivity index (χ2n) is 9.18. The standard InChI is InChI=1S/C29H32N4O4/c1-2-17-32-28(36)24-14-13-23(27(35)31-19-22-11-7-4-8-12-22)18-25(24)33(29(32)37)20-26(34)30-16-15-21-9-5-3-6-10-21/h2,4,7-9,11-14,18H,1,3,5-6,10,15-17,19-20H2,(H,30,34)(H,31,35). The molecule has 0 spiro atoms. The lowest BCUT2D eigenvalue weighted by Gasteiger charge is -2.15. The number of nitrogens with one attached hydrogen (secondary N) is 2. The minimum atomic E-state index is -0.621. The highest BCUT2D eigenvalue weighted by Gasteiger charge is 2.17. The van der Waals surface area contributed by atoms with E-state index in [0.29, 0.717) is 18.7 Å². The topological polar surface area (TPSA) is 102 Å². The van der Waals surface area contributed by atoms with Crippen LogP contribution in [0.1, 0.15) is 48.0 Å². The molecule has 1 aliphatic rings. The van der Waals surface area contributed by atoms with E-state index in [1.807, 2.05) is 30.3 Å². The number of aromatic nitrogens is 2. The fourth-order valence-electron chi connectivity index (χ4n) is 4.57. The van der Waals surface area contributed by atoms with E-state index < -0.39 is 11.2 Å². The Morgan fingerprint density at radius 1 is 1.00 bits per heavy atom. The molecule has 2 amide bonds. The van der Waals surface area contributed by atoms with E-state index in [2.05, 4.69) is 23.3 Å². The van der Waals surface area contributed by atoms with Crippen molar-refractivity contribution in [3.05, 3.63) is 105 Å². The summed E-state index contributed by atoms with van der Waals surface area (Å²) in [6, 6.07) is 14.1. The fourth-order valence-corrected chi connectivity index (χ4v) is 4.57. The third-order valence-electron chi connectivity index (χ3n) is 6.55. The average molecular weight is 501 g/mol. The van der Waals surface area contributed by atoms with Crippen molar-refractivity contribution in [3.8, 4) is 0 Å². The Labute approximate surface area is 215 Å².